The van der Waals surface area contributed by atoms with Gasteiger partial charge in [0.05, 0.1) is 34.5 Å². The Kier molecular flexibility index (Phi) is 8.49. The van der Waals surface area contributed by atoms with Crippen molar-refractivity contribution in [2.45, 2.75) is 59.0 Å². The van der Waals surface area contributed by atoms with Crippen LogP contribution in [0.1, 0.15) is 73.3 Å². The van der Waals surface area contributed by atoms with Crippen LogP contribution in [0.3, 0.4) is 0 Å². The zero-order valence-corrected chi connectivity index (χ0v) is 24.3. The van der Waals surface area contributed by atoms with Crippen LogP contribution in [-0.2, 0) is 22.3 Å². The van der Waals surface area contributed by atoms with Gasteiger partial charge in [0.1, 0.15) is 5.60 Å². The van der Waals surface area contributed by atoms with E-state index in [0.29, 0.717) is 22.3 Å². The molecule has 3 aromatic carbocycles. The van der Waals surface area contributed by atoms with E-state index < -0.39 is 35.4 Å². The second-order valence-corrected chi connectivity index (χ2v) is 11.2. The number of hydrogen-bond donors (Lipinski definition) is 0. The SMILES string of the molecule is CC(=O)C1=C(C)N(c2cccc(C(F)(F)F)c2)C(=O)N(Cc2ccc(C(=O)OC(C)(C)C)cc2)[C@@H]1c1ccc(C#N)cc1. The first-order valence-electron chi connectivity index (χ1n) is 13.4. The van der Waals surface area contributed by atoms with Gasteiger partial charge in [-0.2, -0.15) is 18.4 Å². The minimum Gasteiger partial charge on any atom is -0.456 e. The predicted octanol–water partition coefficient (Wildman–Crippen LogP) is 7.58. The highest BCUT2D eigenvalue weighted by atomic mass is 19.4. The third-order valence-corrected chi connectivity index (χ3v) is 6.86. The first-order valence-corrected chi connectivity index (χ1v) is 13.4. The van der Waals surface area contributed by atoms with Gasteiger partial charge in [0.2, 0.25) is 0 Å². The van der Waals surface area contributed by atoms with E-state index in [2.05, 4.69) is 0 Å². The maximum atomic E-state index is 14.2. The Bertz CT molecular complexity index is 1630. The van der Waals surface area contributed by atoms with Crippen LogP contribution in [0.5, 0.6) is 0 Å². The van der Waals surface area contributed by atoms with Crippen molar-refractivity contribution < 1.29 is 32.3 Å². The molecule has 43 heavy (non-hydrogen) atoms. The fourth-order valence-corrected chi connectivity index (χ4v) is 4.95. The van der Waals surface area contributed by atoms with E-state index in [1.807, 2.05) is 6.07 Å². The van der Waals surface area contributed by atoms with Gasteiger partial charge in [-0.3, -0.25) is 9.69 Å². The number of allylic oxidation sites excluding steroid dienone is 1. The number of halogens is 3. The summed E-state index contributed by atoms with van der Waals surface area (Å²) in [7, 11) is 0. The van der Waals surface area contributed by atoms with E-state index in [0.717, 1.165) is 17.0 Å². The first kappa shape index (κ1) is 31.0. The molecule has 1 aliphatic rings. The van der Waals surface area contributed by atoms with E-state index >= 15 is 0 Å². The van der Waals surface area contributed by atoms with Gasteiger partial charge in [0.15, 0.2) is 5.78 Å². The van der Waals surface area contributed by atoms with Crippen molar-refractivity contribution in [2.75, 3.05) is 4.90 Å². The van der Waals surface area contributed by atoms with Gasteiger partial charge in [-0.05, 0) is 88.2 Å². The highest BCUT2D eigenvalue weighted by Crippen LogP contribution is 2.41. The Morgan fingerprint density at radius 3 is 2.14 bits per heavy atom. The van der Waals surface area contributed by atoms with E-state index in [-0.39, 0.29) is 29.3 Å². The second-order valence-electron chi connectivity index (χ2n) is 11.2. The first-order chi connectivity index (χ1) is 20.1. The number of alkyl halides is 3. The quantitative estimate of drug-likeness (QED) is 0.277. The van der Waals surface area contributed by atoms with Gasteiger partial charge >= 0.3 is 18.2 Å². The van der Waals surface area contributed by atoms with Crippen LogP contribution in [0.15, 0.2) is 84.1 Å². The molecule has 0 unspecified atom stereocenters. The summed E-state index contributed by atoms with van der Waals surface area (Å²) in [6.45, 7) is 8.08. The summed E-state index contributed by atoms with van der Waals surface area (Å²) in [5.41, 5.74) is 0.577. The molecule has 0 spiro atoms. The molecular formula is C33H30F3N3O4. The number of rotatable bonds is 6. The molecule has 7 nitrogen and oxygen atoms in total. The van der Waals surface area contributed by atoms with Gasteiger partial charge < -0.3 is 9.64 Å². The normalized spacial score (nSPS) is 15.8. The summed E-state index contributed by atoms with van der Waals surface area (Å²) >= 11 is 0. The lowest BCUT2D eigenvalue weighted by Gasteiger charge is -2.43. The number of carbonyl (C=O) groups excluding carboxylic acids is 3. The summed E-state index contributed by atoms with van der Waals surface area (Å²) < 4.78 is 46.2. The highest BCUT2D eigenvalue weighted by Gasteiger charge is 2.42. The van der Waals surface area contributed by atoms with Gasteiger partial charge in [-0.25, -0.2) is 9.59 Å². The smallest absolute Gasteiger partial charge is 0.416 e. The number of Topliss-reactive ketones (excluding diaryl/α,β-unsaturated/α-hetero) is 1. The molecular weight excluding hydrogens is 559 g/mol. The van der Waals surface area contributed by atoms with Crippen molar-refractivity contribution in [1.29, 1.82) is 5.26 Å². The number of carbonyl (C=O) groups is 3. The molecule has 0 radical (unpaired) electrons. The molecule has 0 bridgehead atoms. The largest absolute Gasteiger partial charge is 0.456 e. The molecule has 0 saturated carbocycles. The Labute approximate surface area is 247 Å². The Balaban J connectivity index is 1.83. The zero-order valence-electron chi connectivity index (χ0n) is 24.3. The van der Waals surface area contributed by atoms with Gasteiger partial charge in [0.25, 0.3) is 0 Å². The molecule has 10 heteroatoms. The minimum absolute atomic E-state index is 0.0420. The lowest BCUT2D eigenvalue weighted by Crippen LogP contribution is -2.50. The fourth-order valence-electron chi connectivity index (χ4n) is 4.95. The maximum Gasteiger partial charge on any atom is 0.416 e. The number of urea groups is 1. The molecule has 0 aliphatic carbocycles. The molecule has 0 saturated heterocycles. The number of esters is 1. The number of ketones is 1. The van der Waals surface area contributed by atoms with Crippen LogP contribution < -0.4 is 4.90 Å². The summed E-state index contributed by atoms with van der Waals surface area (Å²) in [6.07, 6.45) is -4.64. The lowest BCUT2D eigenvalue weighted by atomic mass is 9.89. The summed E-state index contributed by atoms with van der Waals surface area (Å²) in [4.78, 5) is 42.4. The van der Waals surface area contributed by atoms with Crippen molar-refractivity contribution in [3.8, 4) is 6.07 Å². The molecule has 1 aliphatic heterocycles. The minimum atomic E-state index is -4.64. The van der Waals surface area contributed by atoms with Crippen molar-refractivity contribution >= 4 is 23.5 Å². The summed E-state index contributed by atoms with van der Waals surface area (Å²) in [5, 5.41) is 9.28. The maximum absolute atomic E-state index is 14.2. The monoisotopic (exact) mass is 589 g/mol. The van der Waals surface area contributed by atoms with Crippen LogP contribution in [0.4, 0.5) is 23.7 Å². The van der Waals surface area contributed by atoms with Gasteiger partial charge in [-0.1, -0.05) is 30.3 Å². The fraction of sp³-hybridized carbons (Fsp3) is 0.273. The average Bonchev–Trinajstić information content (AvgIpc) is 2.93. The Hall–Kier alpha value is -4.91. The molecule has 1 atom stereocenters. The molecule has 0 N–H and O–H groups in total. The number of nitriles is 1. The van der Waals surface area contributed by atoms with E-state index in [4.69, 9.17) is 4.74 Å². The van der Waals surface area contributed by atoms with Crippen LogP contribution in [0.25, 0.3) is 0 Å². The van der Waals surface area contributed by atoms with Crippen LogP contribution in [0.2, 0.25) is 0 Å². The standard InChI is InChI=1S/C33H30F3N3O4/c1-20-28(21(2)40)29(24-13-9-22(18-37)10-14-24)38(19-23-11-15-25(16-12-23)30(41)43-32(3,4)5)31(42)39(20)27-8-6-7-26(17-27)33(34,35)36/h6-17,29H,19H2,1-5H3/t29-/m1/s1. The van der Waals surface area contributed by atoms with E-state index in [1.165, 1.54) is 30.9 Å². The number of hydrogen-bond acceptors (Lipinski definition) is 5. The van der Waals surface area contributed by atoms with Crippen molar-refractivity contribution in [1.82, 2.24) is 4.90 Å². The summed E-state index contributed by atoms with van der Waals surface area (Å²) in [6, 6.07) is 17.7. The summed E-state index contributed by atoms with van der Waals surface area (Å²) in [5.74, 6) is -0.890. The number of ether oxygens (including phenoxy) is 1. The molecule has 1 heterocycles. The van der Waals surface area contributed by atoms with Crippen molar-refractivity contribution in [3.63, 3.8) is 0 Å². The number of nitrogens with zero attached hydrogens (tertiary/aromatic N) is 3. The second kappa shape index (κ2) is 11.8. The van der Waals surface area contributed by atoms with Gasteiger partial charge in [0, 0.05) is 17.8 Å². The third-order valence-electron chi connectivity index (χ3n) is 6.86. The Morgan fingerprint density at radius 2 is 1.60 bits per heavy atom. The predicted molar refractivity (Wildman–Crippen MR) is 154 cm³/mol. The third kappa shape index (κ3) is 6.78. The van der Waals surface area contributed by atoms with Crippen LogP contribution in [-0.4, -0.2) is 28.3 Å². The molecule has 222 valence electrons. The number of anilines is 1. The van der Waals surface area contributed by atoms with E-state index in [9.17, 15) is 32.8 Å². The van der Waals surface area contributed by atoms with Crippen LogP contribution >= 0.6 is 0 Å². The number of benzene rings is 3. The lowest BCUT2D eigenvalue weighted by molar-refractivity contribution is -0.137. The van der Waals surface area contributed by atoms with E-state index in [1.54, 1.807) is 69.3 Å². The highest BCUT2D eigenvalue weighted by molar-refractivity contribution is 6.05. The van der Waals surface area contributed by atoms with Gasteiger partial charge in [-0.15, -0.1) is 0 Å². The average molecular weight is 590 g/mol. The molecule has 0 aromatic heterocycles. The van der Waals surface area contributed by atoms with Crippen molar-refractivity contribution in [3.05, 3.63) is 112 Å². The molecule has 4 rings (SSSR count). The molecule has 0 fully saturated rings. The van der Waals surface area contributed by atoms with Crippen molar-refractivity contribution in [2.24, 2.45) is 0 Å². The molecule has 3 aromatic rings. The zero-order chi connectivity index (χ0) is 31.7. The molecule has 2 amide bonds. The topological polar surface area (TPSA) is 90.7 Å². The number of amides is 2. The Morgan fingerprint density at radius 1 is 0.977 bits per heavy atom. The van der Waals surface area contributed by atoms with Crippen LogP contribution in [0, 0.1) is 11.3 Å².